The molecule has 0 radical (unpaired) electrons. The second-order valence-electron chi connectivity index (χ2n) is 8.16. The number of anilines is 2. The molecule has 2 aliphatic rings. The van der Waals surface area contributed by atoms with Gasteiger partial charge in [0.2, 0.25) is 0 Å². The second kappa shape index (κ2) is 8.00. The number of halogens is 1. The van der Waals surface area contributed by atoms with Crippen molar-refractivity contribution in [1.82, 2.24) is 0 Å². The highest BCUT2D eigenvalue weighted by Gasteiger charge is 2.38. The largest absolute Gasteiger partial charge is 0.378 e. The predicted molar refractivity (Wildman–Crippen MR) is 123 cm³/mol. The first-order valence-electron chi connectivity index (χ1n) is 10.4. The van der Waals surface area contributed by atoms with E-state index in [4.69, 9.17) is 0 Å². The Morgan fingerprint density at radius 2 is 1.82 bits per heavy atom. The van der Waals surface area contributed by atoms with Gasteiger partial charge >= 0.3 is 0 Å². The molecule has 3 aromatic carbocycles. The van der Waals surface area contributed by atoms with Gasteiger partial charge in [-0.2, -0.15) is 0 Å². The summed E-state index contributed by atoms with van der Waals surface area (Å²) in [5, 5.41) is 14.5. The Bertz CT molecular complexity index is 1370. The van der Waals surface area contributed by atoms with Gasteiger partial charge in [-0.3, -0.25) is 14.8 Å². The number of hydrogen-bond donors (Lipinski definition) is 2. The number of allylic oxidation sites excluding steroid dienone is 2. The maximum absolute atomic E-state index is 14.0. The summed E-state index contributed by atoms with van der Waals surface area (Å²) in [6.45, 7) is 0. The molecule has 2 N–H and O–H groups in total. The van der Waals surface area contributed by atoms with E-state index in [0.29, 0.717) is 0 Å². The topological polar surface area (TPSA) is 101 Å². The van der Waals surface area contributed by atoms with Gasteiger partial charge in [-0.1, -0.05) is 36.4 Å². The molecule has 0 unspecified atom stereocenters. The van der Waals surface area contributed by atoms with Crippen LogP contribution in [0.1, 0.15) is 29.5 Å². The van der Waals surface area contributed by atoms with Crippen molar-refractivity contribution in [2.45, 2.75) is 23.3 Å². The molecule has 7 nitrogen and oxygen atoms in total. The van der Waals surface area contributed by atoms with E-state index in [0.717, 1.165) is 23.2 Å². The Labute approximate surface area is 190 Å². The quantitative estimate of drug-likeness (QED) is 0.300. The summed E-state index contributed by atoms with van der Waals surface area (Å²) in [7, 11) is -3.98. The Morgan fingerprint density at radius 1 is 1.06 bits per heavy atom. The first kappa shape index (κ1) is 21.1. The molecule has 3 aromatic rings. The SMILES string of the molecule is O=[N+]([O-])c1ccc([C@H]2Nc3ccc(S(=O)(=O)Nc4ccccc4F)cc3[C@H]3C=CC[C@H]32)cc1. The van der Waals surface area contributed by atoms with Crippen LogP contribution in [0.2, 0.25) is 0 Å². The molecule has 0 fully saturated rings. The molecule has 0 amide bonds. The van der Waals surface area contributed by atoms with Crippen molar-refractivity contribution in [1.29, 1.82) is 0 Å². The lowest BCUT2D eigenvalue weighted by molar-refractivity contribution is -0.384. The van der Waals surface area contributed by atoms with Gasteiger partial charge in [-0.05, 0) is 53.8 Å². The molecule has 0 saturated carbocycles. The highest BCUT2D eigenvalue weighted by Crippen LogP contribution is 2.50. The summed E-state index contributed by atoms with van der Waals surface area (Å²) in [6.07, 6.45) is 4.94. The van der Waals surface area contributed by atoms with Crippen molar-refractivity contribution >= 4 is 27.1 Å². The number of non-ortho nitro benzene ring substituents is 1. The molecule has 5 rings (SSSR count). The van der Waals surface area contributed by atoms with E-state index in [9.17, 15) is 22.9 Å². The van der Waals surface area contributed by atoms with Gasteiger partial charge in [0.15, 0.2) is 0 Å². The van der Waals surface area contributed by atoms with Crippen molar-refractivity contribution < 1.29 is 17.7 Å². The summed E-state index contributed by atoms with van der Waals surface area (Å²) in [5.74, 6) is -0.521. The molecular weight excluding hydrogens is 445 g/mol. The second-order valence-corrected chi connectivity index (χ2v) is 9.84. The van der Waals surface area contributed by atoms with Crippen LogP contribution in [0.3, 0.4) is 0 Å². The molecule has 33 heavy (non-hydrogen) atoms. The average Bonchev–Trinajstić information content (AvgIpc) is 3.30. The van der Waals surface area contributed by atoms with E-state index in [1.165, 1.54) is 36.4 Å². The molecule has 3 atom stereocenters. The van der Waals surface area contributed by atoms with Crippen molar-refractivity contribution in [3.05, 3.63) is 106 Å². The minimum absolute atomic E-state index is 0.00921. The van der Waals surface area contributed by atoms with Gasteiger partial charge < -0.3 is 5.32 Å². The van der Waals surface area contributed by atoms with Gasteiger partial charge in [0, 0.05) is 23.7 Å². The molecule has 0 spiro atoms. The van der Waals surface area contributed by atoms with E-state index in [1.807, 2.05) is 0 Å². The van der Waals surface area contributed by atoms with Crippen molar-refractivity contribution in [2.24, 2.45) is 5.92 Å². The number of nitro groups is 1. The van der Waals surface area contributed by atoms with Crippen LogP contribution in [-0.2, 0) is 10.0 Å². The number of hydrogen-bond acceptors (Lipinski definition) is 5. The third-order valence-corrected chi connectivity index (χ3v) is 7.59. The molecular formula is C24H20FN3O4S. The van der Waals surface area contributed by atoms with Crippen LogP contribution in [0.4, 0.5) is 21.5 Å². The smallest absolute Gasteiger partial charge is 0.269 e. The lowest BCUT2D eigenvalue weighted by Gasteiger charge is -2.37. The van der Waals surface area contributed by atoms with Crippen LogP contribution in [0.5, 0.6) is 0 Å². The third-order valence-electron chi connectivity index (χ3n) is 6.23. The third kappa shape index (κ3) is 3.84. The standard InChI is InChI=1S/C24H20FN3O4S/c25-21-6-1-2-7-23(21)27-33(31,32)17-12-13-22-20(14-17)18-4-3-5-19(18)24(26-22)15-8-10-16(11-9-15)28(29)30/h1-4,6-14,18-19,24,26-27H,5H2/t18-,19+,24+/m0/s1. The summed E-state index contributed by atoms with van der Waals surface area (Å²) < 4.78 is 42.2. The summed E-state index contributed by atoms with van der Waals surface area (Å²) in [6, 6.07) is 16.9. The number of sulfonamides is 1. The van der Waals surface area contributed by atoms with E-state index >= 15 is 0 Å². The summed E-state index contributed by atoms with van der Waals surface area (Å²) >= 11 is 0. The minimum Gasteiger partial charge on any atom is -0.378 e. The highest BCUT2D eigenvalue weighted by molar-refractivity contribution is 7.92. The Morgan fingerprint density at radius 3 is 2.55 bits per heavy atom. The molecule has 1 aliphatic heterocycles. The van der Waals surface area contributed by atoms with Crippen LogP contribution in [0.15, 0.2) is 83.8 Å². The fourth-order valence-corrected chi connectivity index (χ4v) is 5.72. The van der Waals surface area contributed by atoms with Gasteiger partial charge in [0.1, 0.15) is 5.82 Å². The molecule has 1 heterocycles. The molecule has 0 bridgehead atoms. The van der Waals surface area contributed by atoms with Crippen molar-refractivity contribution in [3.8, 4) is 0 Å². The average molecular weight is 466 g/mol. The van der Waals surface area contributed by atoms with E-state index in [1.54, 1.807) is 30.3 Å². The number of benzene rings is 3. The zero-order valence-electron chi connectivity index (χ0n) is 17.3. The molecule has 9 heteroatoms. The number of para-hydroxylation sites is 1. The summed E-state index contributed by atoms with van der Waals surface area (Å²) in [4.78, 5) is 10.6. The molecule has 1 aliphatic carbocycles. The van der Waals surface area contributed by atoms with Crippen LogP contribution in [-0.4, -0.2) is 13.3 Å². The van der Waals surface area contributed by atoms with E-state index < -0.39 is 20.8 Å². The minimum atomic E-state index is -3.98. The normalized spacial score (nSPS) is 21.1. The van der Waals surface area contributed by atoms with Crippen LogP contribution < -0.4 is 10.0 Å². The van der Waals surface area contributed by atoms with Crippen LogP contribution in [0, 0.1) is 21.8 Å². The maximum atomic E-state index is 14.0. The Hall–Kier alpha value is -3.72. The van der Waals surface area contributed by atoms with Crippen molar-refractivity contribution in [2.75, 3.05) is 10.0 Å². The zero-order chi connectivity index (χ0) is 23.2. The lowest BCUT2D eigenvalue weighted by Crippen LogP contribution is -2.29. The monoisotopic (exact) mass is 465 g/mol. The van der Waals surface area contributed by atoms with Gasteiger partial charge in [-0.25, -0.2) is 12.8 Å². The van der Waals surface area contributed by atoms with Crippen LogP contribution in [0.25, 0.3) is 0 Å². The fourth-order valence-electron chi connectivity index (χ4n) is 4.62. The number of rotatable bonds is 5. The molecule has 0 saturated heterocycles. The van der Waals surface area contributed by atoms with E-state index in [-0.39, 0.29) is 34.1 Å². The number of nitro benzene ring substituents is 1. The maximum Gasteiger partial charge on any atom is 0.269 e. The van der Waals surface area contributed by atoms with Gasteiger partial charge in [0.05, 0.1) is 21.5 Å². The van der Waals surface area contributed by atoms with Gasteiger partial charge in [0.25, 0.3) is 15.7 Å². The Balaban J connectivity index is 1.47. The Kier molecular flexibility index (Phi) is 5.13. The summed E-state index contributed by atoms with van der Waals surface area (Å²) in [5.41, 5.74) is 2.51. The lowest BCUT2D eigenvalue weighted by atomic mass is 9.77. The number of nitrogens with zero attached hydrogens (tertiary/aromatic N) is 1. The van der Waals surface area contributed by atoms with Crippen molar-refractivity contribution in [3.63, 3.8) is 0 Å². The highest BCUT2D eigenvalue weighted by atomic mass is 32.2. The van der Waals surface area contributed by atoms with E-state index in [2.05, 4.69) is 22.2 Å². The van der Waals surface area contributed by atoms with Crippen LogP contribution >= 0.6 is 0 Å². The first-order chi connectivity index (χ1) is 15.8. The molecule has 168 valence electrons. The first-order valence-corrected chi connectivity index (χ1v) is 11.9. The number of fused-ring (bicyclic) bond motifs is 3. The zero-order valence-corrected chi connectivity index (χ0v) is 18.1. The van der Waals surface area contributed by atoms with Gasteiger partial charge in [-0.15, -0.1) is 0 Å². The predicted octanol–water partition coefficient (Wildman–Crippen LogP) is 5.36. The fraction of sp³-hybridized carbons (Fsp3) is 0.167. The molecule has 0 aromatic heterocycles. The number of nitrogens with one attached hydrogen (secondary N) is 2.